The monoisotopic (exact) mass is 464 g/mol. The Morgan fingerprint density at radius 2 is 1.58 bits per heavy atom. The number of hydrogen-bond acceptors (Lipinski definition) is 5. The molecule has 170 valence electrons. The molecule has 0 saturated heterocycles. The molecule has 3 aromatic rings. The number of amides is 1. The highest BCUT2D eigenvalue weighted by atomic mass is 32.2. The van der Waals surface area contributed by atoms with Gasteiger partial charge in [0, 0.05) is 11.3 Å². The molecule has 33 heavy (non-hydrogen) atoms. The van der Waals surface area contributed by atoms with E-state index in [1.807, 2.05) is 18.2 Å². The van der Waals surface area contributed by atoms with E-state index in [0.29, 0.717) is 36.1 Å². The molecule has 1 amide bonds. The van der Waals surface area contributed by atoms with E-state index in [0.717, 1.165) is 24.2 Å². The first-order valence-corrected chi connectivity index (χ1v) is 12.4. The molecule has 0 radical (unpaired) electrons. The van der Waals surface area contributed by atoms with Crippen molar-refractivity contribution >= 4 is 21.6 Å². The minimum atomic E-state index is -3.68. The van der Waals surface area contributed by atoms with Crippen molar-refractivity contribution in [1.82, 2.24) is 5.32 Å². The number of hydrogen-bond donors (Lipinski definition) is 2. The zero-order chi connectivity index (χ0) is 22.8. The summed E-state index contributed by atoms with van der Waals surface area (Å²) in [6.07, 6.45) is 2.11. The molecule has 7 nitrogen and oxygen atoms in total. The van der Waals surface area contributed by atoms with Crippen LogP contribution in [0.25, 0.3) is 0 Å². The van der Waals surface area contributed by atoms with Crippen LogP contribution in [0.15, 0.2) is 77.7 Å². The Morgan fingerprint density at radius 1 is 0.879 bits per heavy atom. The maximum absolute atomic E-state index is 13.0. The minimum absolute atomic E-state index is 0.121. The van der Waals surface area contributed by atoms with Gasteiger partial charge in [0.15, 0.2) is 11.5 Å². The minimum Gasteiger partial charge on any atom is -0.486 e. The molecular weight excluding hydrogens is 440 g/mol. The Hall–Kier alpha value is -3.52. The van der Waals surface area contributed by atoms with Crippen LogP contribution in [0.4, 0.5) is 5.69 Å². The van der Waals surface area contributed by atoms with Crippen LogP contribution in [0.2, 0.25) is 0 Å². The van der Waals surface area contributed by atoms with Crippen LogP contribution < -0.4 is 19.5 Å². The van der Waals surface area contributed by atoms with Gasteiger partial charge < -0.3 is 14.8 Å². The lowest BCUT2D eigenvalue weighted by Crippen LogP contribution is -2.30. The average Bonchev–Trinajstić information content (AvgIpc) is 3.68. The Kier molecular flexibility index (Phi) is 5.68. The number of anilines is 1. The lowest BCUT2D eigenvalue weighted by atomic mass is 10.0. The first kappa shape index (κ1) is 21.3. The summed E-state index contributed by atoms with van der Waals surface area (Å²) in [6, 6.07) is 20.2. The summed E-state index contributed by atoms with van der Waals surface area (Å²) in [4.78, 5) is 13.1. The summed E-state index contributed by atoms with van der Waals surface area (Å²) in [7, 11) is -3.68. The highest BCUT2D eigenvalue weighted by Crippen LogP contribution is 2.43. The zero-order valence-electron chi connectivity index (χ0n) is 17.9. The summed E-state index contributed by atoms with van der Waals surface area (Å²) in [5, 5.41) is 3.14. The summed E-state index contributed by atoms with van der Waals surface area (Å²) in [6.45, 7) is 1.05. The second kappa shape index (κ2) is 8.78. The van der Waals surface area contributed by atoms with Crippen LogP contribution in [0, 0.1) is 5.92 Å². The lowest BCUT2D eigenvalue weighted by molar-refractivity contribution is 0.0931. The van der Waals surface area contributed by atoms with E-state index < -0.39 is 10.0 Å². The highest BCUT2D eigenvalue weighted by molar-refractivity contribution is 7.92. The van der Waals surface area contributed by atoms with Crippen molar-refractivity contribution in [2.75, 3.05) is 17.9 Å². The predicted molar refractivity (Wildman–Crippen MR) is 124 cm³/mol. The van der Waals surface area contributed by atoms with E-state index in [2.05, 4.69) is 10.0 Å². The lowest BCUT2D eigenvalue weighted by Gasteiger charge is -2.23. The molecule has 1 fully saturated rings. The molecule has 1 saturated carbocycles. The molecule has 1 atom stereocenters. The fourth-order valence-corrected chi connectivity index (χ4v) is 4.96. The van der Waals surface area contributed by atoms with Gasteiger partial charge in [-0.2, -0.15) is 0 Å². The number of fused-ring (bicyclic) bond motifs is 1. The van der Waals surface area contributed by atoms with Crippen LogP contribution in [0.1, 0.15) is 34.8 Å². The van der Waals surface area contributed by atoms with Crippen molar-refractivity contribution in [3.8, 4) is 11.5 Å². The second-order valence-corrected chi connectivity index (χ2v) is 9.87. The third-order valence-electron chi connectivity index (χ3n) is 5.76. The van der Waals surface area contributed by atoms with Crippen LogP contribution in [0.3, 0.4) is 0 Å². The van der Waals surface area contributed by atoms with E-state index in [1.165, 1.54) is 12.1 Å². The Bertz CT molecular complexity index is 1260. The third kappa shape index (κ3) is 4.80. The summed E-state index contributed by atoms with van der Waals surface area (Å²) < 4.78 is 38.8. The number of sulfonamides is 1. The molecule has 5 rings (SSSR count). The molecule has 0 bridgehead atoms. The smallest absolute Gasteiger partial charge is 0.261 e. The molecule has 2 N–H and O–H groups in total. The van der Waals surface area contributed by atoms with E-state index in [1.54, 1.807) is 42.5 Å². The van der Waals surface area contributed by atoms with Gasteiger partial charge in [-0.15, -0.1) is 0 Å². The number of carbonyl (C=O) groups excluding carboxylic acids is 1. The first-order chi connectivity index (χ1) is 16.0. The molecule has 1 unspecified atom stereocenters. The maximum atomic E-state index is 13.0. The molecular formula is C25H24N2O5S. The maximum Gasteiger partial charge on any atom is 0.261 e. The normalized spacial score (nSPS) is 16.0. The first-order valence-electron chi connectivity index (χ1n) is 10.9. The number of rotatable bonds is 7. The zero-order valence-corrected chi connectivity index (χ0v) is 18.7. The Morgan fingerprint density at radius 3 is 2.27 bits per heavy atom. The molecule has 0 aromatic heterocycles. The number of nitrogens with one attached hydrogen (secondary N) is 2. The molecule has 0 spiro atoms. The van der Waals surface area contributed by atoms with Crippen LogP contribution in [-0.2, 0) is 10.0 Å². The van der Waals surface area contributed by atoms with Crippen molar-refractivity contribution in [3.05, 3.63) is 83.9 Å². The van der Waals surface area contributed by atoms with Crippen molar-refractivity contribution in [3.63, 3.8) is 0 Å². The summed E-state index contributed by atoms with van der Waals surface area (Å²) in [5.41, 5.74) is 1.84. The summed E-state index contributed by atoms with van der Waals surface area (Å²) >= 11 is 0. The highest BCUT2D eigenvalue weighted by Gasteiger charge is 2.34. The van der Waals surface area contributed by atoms with Crippen LogP contribution >= 0.6 is 0 Å². The topological polar surface area (TPSA) is 93.7 Å². The van der Waals surface area contributed by atoms with Gasteiger partial charge in [0.1, 0.15) is 13.2 Å². The number of benzene rings is 3. The van der Waals surface area contributed by atoms with E-state index in [9.17, 15) is 13.2 Å². The van der Waals surface area contributed by atoms with Gasteiger partial charge in [0.05, 0.1) is 10.9 Å². The standard InChI is InChI=1S/C25H24N2O5S/c28-25(18-8-11-20(12-9-18)27-33(29,30)21-4-2-1-3-5-21)26-24(17-6-7-17)19-10-13-22-23(16-19)32-15-14-31-22/h1-5,8-13,16-17,24,27H,6-7,14-15H2,(H,26,28). The van der Waals surface area contributed by atoms with Crippen LogP contribution in [-0.4, -0.2) is 27.5 Å². The van der Waals surface area contributed by atoms with Gasteiger partial charge in [0.2, 0.25) is 0 Å². The van der Waals surface area contributed by atoms with Gasteiger partial charge in [0.25, 0.3) is 15.9 Å². The Balaban J connectivity index is 1.29. The summed E-state index contributed by atoms with van der Waals surface area (Å²) in [5.74, 6) is 1.60. The van der Waals surface area contributed by atoms with Gasteiger partial charge in [-0.3, -0.25) is 9.52 Å². The fourth-order valence-electron chi connectivity index (χ4n) is 3.88. The van der Waals surface area contributed by atoms with Gasteiger partial charge in [-0.25, -0.2) is 8.42 Å². The van der Waals surface area contributed by atoms with Gasteiger partial charge in [-0.1, -0.05) is 24.3 Å². The Labute approximate surface area is 192 Å². The van der Waals surface area contributed by atoms with Crippen molar-refractivity contribution in [2.24, 2.45) is 5.92 Å². The number of carbonyl (C=O) groups is 1. The molecule has 2 aliphatic rings. The second-order valence-electron chi connectivity index (χ2n) is 8.19. The van der Waals surface area contributed by atoms with Crippen molar-refractivity contribution in [1.29, 1.82) is 0 Å². The third-order valence-corrected chi connectivity index (χ3v) is 7.16. The van der Waals surface area contributed by atoms with Gasteiger partial charge >= 0.3 is 0 Å². The van der Waals surface area contributed by atoms with Crippen molar-refractivity contribution < 1.29 is 22.7 Å². The van der Waals surface area contributed by atoms with Gasteiger partial charge in [-0.05, 0) is 72.9 Å². The molecule has 1 aliphatic carbocycles. The van der Waals surface area contributed by atoms with E-state index >= 15 is 0 Å². The average molecular weight is 465 g/mol. The molecule has 3 aromatic carbocycles. The van der Waals surface area contributed by atoms with Crippen LogP contribution in [0.5, 0.6) is 11.5 Å². The van der Waals surface area contributed by atoms with E-state index in [-0.39, 0.29) is 16.8 Å². The molecule has 8 heteroatoms. The SMILES string of the molecule is O=C(NC(c1ccc2c(c1)OCCO2)C1CC1)c1ccc(NS(=O)(=O)c2ccccc2)cc1. The van der Waals surface area contributed by atoms with E-state index in [4.69, 9.17) is 9.47 Å². The molecule has 1 aliphatic heterocycles. The number of ether oxygens (including phenoxy) is 2. The fraction of sp³-hybridized carbons (Fsp3) is 0.240. The quantitative estimate of drug-likeness (QED) is 0.548. The van der Waals surface area contributed by atoms with Crippen molar-refractivity contribution in [2.45, 2.75) is 23.8 Å². The predicted octanol–water partition coefficient (Wildman–Crippen LogP) is 4.14. The largest absolute Gasteiger partial charge is 0.486 e. The molecule has 1 heterocycles.